The van der Waals surface area contributed by atoms with Crippen LogP contribution in [0.2, 0.25) is 0 Å². The number of para-hydroxylation sites is 1. The molecule has 1 aliphatic rings. The molecule has 0 aromatic heterocycles. The molecule has 1 unspecified atom stereocenters. The van der Waals surface area contributed by atoms with Crippen molar-refractivity contribution in [2.45, 2.75) is 5.92 Å². The van der Waals surface area contributed by atoms with Crippen molar-refractivity contribution in [2.75, 3.05) is 40.0 Å². The van der Waals surface area contributed by atoms with Gasteiger partial charge in [0.1, 0.15) is 18.3 Å². The summed E-state index contributed by atoms with van der Waals surface area (Å²) in [5.41, 5.74) is 0.924. The lowest BCUT2D eigenvalue weighted by molar-refractivity contribution is -0.134. The average molecular weight is 265 g/mol. The SMILES string of the molecule is COCCN(CCO)C(=O)C1COc2ccccc21. The Balaban J connectivity index is 2.10. The first-order valence-corrected chi connectivity index (χ1v) is 6.38. The van der Waals surface area contributed by atoms with Gasteiger partial charge in [0.15, 0.2) is 0 Å². The minimum atomic E-state index is -0.278. The topological polar surface area (TPSA) is 59.0 Å². The number of nitrogens with zero attached hydrogens (tertiary/aromatic N) is 1. The van der Waals surface area contributed by atoms with Crippen LogP contribution in [0.25, 0.3) is 0 Å². The highest BCUT2D eigenvalue weighted by Gasteiger charge is 2.32. The highest BCUT2D eigenvalue weighted by atomic mass is 16.5. The van der Waals surface area contributed by atoms with Gasteiger partial charge in [-0.3, -0.25) is 4.79 Å². The zero-order valence-corrected chi connectivity index (χ0v) is 11.0. The lowest BCUT2D eigenvalue weighted by atomic mass is 10.00. The van der Waals surface area contributed by atoms with E-state index in [4.69, 9.17) is 14.6 Å². The molecule has 1 atom stereocenters. The maximum absolute atomic E-state index is 12.5. The van der Waals surface area contributed by atoms with Crippen LogP contribution in [0.15, 0.2) is 24.3 Å². The summed E-state index contributed by atoms with van der Waals surface area (Å²) < 4.78 is 10.5. The second-order valence-corrected chi connectivity index (χ2v) is 4.44. The molecule has 0 aliphatic carbocycles. The molecule has 19 heavy (non-hydrogen) atoms. The summed E-state index contributed by atoms with van der Waals surface area (Å²) in [5, 5.41) is 9.06. The normalized spacial score (nSPS) is 16.8. The molecule has 0 bridgehead atoms. The molecular weight excluding hydrogens is 246 g/mol. The number of carbonyl (C=O) groups excluding carboxylic acids is 1. The van der Waals surface area contributed by atoms with E-state index in [2.05, 4.69) is 0 Å². The van der Waals surface area contributed by atoms with Crippen LogP contribution in [0.1, 0.15) is 11.5 Å². The first-order valence-electron chi connectivity index (χ1n) is 6.38. The summed E-state index contributed by atoms with van der Waals surface area (Å²) in [6, 6.07) is 7.58. The van der Waals surface area contributed by atoms with Crippen LogP contribution in [-0.2, 0) is 9.53 Å². The van der Waals surface area contributed by atoms with Crippen molar-refractivity contribution in [2.24, 2.45) is 0 Å². The van der Waals surface area contributed by atoms with E-state index >= 15 is 0 Å². The summed E-state index contributed by atoms with van der Waals surface area (Å²) in [7, 11) is 1.59. The molecule has 1 aromatic rings. The van der Waals surface area contributed by atoms with Crippen LogP contribution < -0.4 is 4.74 Å². The monoisotopic (exact) mass is 265 g/mol. The molecule has 0 spiro atoms. The molecule has 0 saturated heterocycles. The van der Waals surface area contributed by atoms with E-state index in [0.29, 0.717) is 26.3 Å². The van der Waals surface area contributed by atoms with Crippen LogP contribution in [-0.4, -0.2) is 55.9 Å². The van der Waals surface area contributed by atoms with Crippen LogP contribution >= 0.6 is 0 Å². The van der Waals surface area contributed by atoms with Crippen LogP contribution in [0, 0.1) is 0 Å². The Morgan fingerprint density at radius 2 is 2.26 bits per heavy atom. The van der Waals surface area contributed by atoms with Gasteiger partial charge in [-0.25, -0.2) is 0 Å². The fraction of sp³-hybridized carbons (Fsp3) is 0.500. The number of rotatable bonds is 6. The number of hydrogen-bond acceptors (Lipinski definition) is 4. The van der Waals surface area contributed by atoms with Gasteiger partial charge in [-0.2, -0.15) is 0 Å². The molecule has 0 saturated carbocycles. The van der Waals surface area contributed by atoms with Crippen molar-refractivity contribution in [3.8, 4) is 5.75 Å². The van der Waals surface area contributed by atoms with Gasteiger partial charge in [-0.05, 0) is 6.07 Å². The standard InChI is InChI=1S/C14H19NO4/c1-18-9-7-15(6-8-16)14(17)12-10-19-13-5-3-2-4-11(12)13/h2-5,12,16H,6-10H2,1H3. The van der Waals surface area contributed by atoms with E-state index in [9.17, 15) is 4.79 Å². The Kier molecular flexibility index (Phi) is 4.76. The Morgan fingerprint density at radius 3 is 3.00 bits per heavy atom. The molecule has 0 radical (unpaired) electrons. The first-order chi connectivity index (χ1) is 9.27. The Labute approximate surface area is 112 Å². The van der Waals surface area contributed by atoms with E-state index in [-0.39, 0.29) is 18.4 Å². The molecule has 1 heterocycles. The quantitative estimate of drug-likeness (QED) is 0.819. The van der Waals surface area contributed by atoms with Gasteiger partial charge in [-0.15, -0.1) is 0 Å². The minimum absolute atomic E-state index is 0.0175. The molecule has 5 nitrogen and oxygen atoms in total. The number of benzene rings is 1. The first kappa shape index (κ1) is 13.8. The highest BCUT2D eigenvalue weighted by Crippen LogP contribution is 2.34. The van der Waals surface area contributed by atoms with E-state index in [1.807, 2.05) is 24.3 Å². The van der Waals surface area contributed by atoms with Gasteiger partial charge in [-0.1, -0.05) is 18.2 Å². The summed E-state index contributed by atoms with van der Waals surface area (Å²) in [4.78, 5) is 14.1. The number of fused-ring (bicyclic) bond motifs is 1. The third kappa shape index (κ3) is 3.05. The highest BCUT2D eigenvalue weighted by molar-refractivity contribution is 5.85. The van der Waals surface area contributed by atoms with Crippen molar-refractivity contribution in [3.05, 3.63) is 29.8 Å². The fourth-order valence-electron chi connectivity index (χ4n) is 2.24. The second-order valence-electron chi connectivity index (χ2n) is 4.44. The summed E-state index contributed by atoms with van der Waals surface area (Å²) in [5.74, 6) is 0.479. The molecule has 1 N–H and O–H groups in total. The molecular formula is C14H19NO4. The number of aliphatic hydroxyl groups excluding tert-OH is 1. The maximum Gasteiger partial charge on any atom is 0.233 e. The van der Waals surface area contributed by atoms with Crippen LogP contribution in [0.4, 0.5) is 0 Å². The van der Waals surface area contributed by atoms with Crippen LogP contribution in [0.3, 0.4) is 0 Å². The third-order valence-electron chi connectivity index (χ3n) is 3.24. The van der Waals surface area contributed by atoms with Gasteiger partial charge in [0, 0.05) is 25.8 Å². The second kappa shape index (κ2) is 6.54. The smallest absolute Gasteiger partial charge is 0.233 e. The molecule has 1 aliphatic heterocycles. The number of aliphatic hydroxyl groups is 1. The maximum atomic E-state index is 12.5. The Hall–Kier alpha value is -1.59. The molecule has 1 aromatic carbocycles. The van der Waals surface area contributed by atoms with Crippen molar-refractivity contribution in [3.63, 3.8) is 0 Å². The van der Waals surface area contributed by atoms with Gasteiger partial charge >= 0.3 is 0 Å². The van der Waals surface area contributed by atoms with E-state index in [0.717, 1.165) is 11.3 Å². The lowest BCUT2D eigenvalue weighted by Gasteiger charge is -2.24. The Morgan fingerprint density at radius 1 is 1.47 bits per heavy atom. The predicted molar refractivity (Wildman–Crippen MR) is 70.2 cm³/mol. The zero-order chi connectivity index (χ0) is 13.7. The fourth-order valence-corrected chi connectivity index (χ4v) is 2.24. The summed E-state index contributed by atoms with van der Waals surface area (Å²) >= 11 is 0. The van der Waals surface area contributed by atoms with Gasteiger partial charge < -0.3 is 19.5 Å². The largest absolute Gasteiger partial charge is 0.492 e. The number of carbonyl (C=O) groups is 1. The summed E-state index contributed by atoms with van der Waals surface area (Å²) in [6.07, 6.45) is 0. The molecule has 1 amide bonds. The van der Waals surface area contributed by atoms with Crippen molar-refractivity contribution in [1.82, 2.24) is 4.90 Å². The number of hydrogen-bond donors (Lipinski definition) is 1. The van der Waals surface area contributed by atoms with E-state index < -0.39 is 0 Å². The van der Waals surface area contributed by atoms with E-state index in [1.54, 1.807) is 12.0 Å². The van der Waals surface area contributed by atoms with Gasteiger partial charge in [0.25, 0.3) is 0 Å². The predicted octanol–water partition coefficient (Wildman–Crippen LogP) is 0.630. The zero-order valence-electron chi connectivity index (χ0n) is 11.0. The van der Waals surface area contributed by atoms with Crippen molar-refractivity contribution < 1.29 is 19.4 Å². The van der Waals surface area contributed by atoms with Crippen LogP contribution in [0.5, 0.6) is 5.75 Å². The third-order valence-corrected chi connectivity index (χ3v) is 3.24. The molecule has 5 heteroatoms. The molecule has 104 valence electrons. The van der Waals surface area contributed by atoms with Crippen molar-refractivity contribution in [1.29, 1.82) is 0 Å². The molecule has 0 fully saturated rings. The van der Waals surface area contributed by atoms with E-state index in [1.165, 1.54) is 0 Å². The van der Waals surface area contributed by atoms with Crippen molar-refractivity contribution >= 4 is 5.91 Å². The summed E-state index contributed by atoms with van der Waals surface area (Å²) in [6.45, 7) is 1.58. The lowest BCUT2D eigenvalue weighted by Crippen LogP contribution is -2.39. The molecule has 2 rings (SSSR count). The van der Waals surface area contributed by atoms with Gasteiger partial charge in [0.2, 0.25) is 5.91 Å². The Bertz CT molecular complexity index is 435. The van der Waals surface area contributed by atoms with Gasteiger partial charge in [0.05, 0.1) is 13.2 Å². The minimum Gasteiger partial charge on any atom is -0.492 e. The number of amides is 1. The number of ether oxygens (including phenoxy) is 2. The average Bonchev–Trinajstić information content (AvgIpc) is 2.86. The number of methoxy groups -OCH3 is 1.